The number of hydrogen-bond donors (Lipinski definition) is 1. The number of carbonyl (C=O) groups excluding carboxylic acids is 2. The van der Waals surface area contributed by atoms with E-state index in [2.05, 4.69) is 5.32 Å². The van der Waals surface area contributed by atoms with E-state index in [-0.39, 0.29) is 21.8 Å². The maximum atomic E-state index is 12.7. The van der Waals surface area contributed by atoms with Gasteiger partial charge in [0.15, 0.2) is 11.5 Å². The molecule has 1 N–H and O–H groups in total. The fourth-order valence-corrected chi connectivity index (χ4v) is 2.69. The summed E-state index contributed by atoms with van der Waals surface area (Å²) in [5.74, 6) is 0.0995. The van der Waals surface area contributed by atoms with Gasteiger partial charge in [0.1, 0.15) is 5.75 Å². The van der Waals surface area contributed by atoms with Crippen LogP contribution in [0.1, 0.15) is 34.1 Å². The lowest BCUT2D eigenvalue weighted by molar-refractivity contribution is 0.0601. The molecule has 0 atom stereocenters. The van der Waals surface area contributed by atoms with Crippen molar-refractivity contribution in [1.29, 1.82) is 0 Å². The van der Waals surface area contributed by atoms with E-state index in [0.29, 0.717) is 23.9 Å². The van der Waals surface area contributed by atoms with Crippen LogP contribution in [0.4, 0.5) is 5.69 Å². The van der Waals surface area contributed by atoms with E-state index in [1.165, 1.54) is 39.5 Å². The maximum absolute atomic E-state index is 12.7. The van der Waals surface area contributed by atoms with Gasteiger partial charge in [-0.25, -0.2) is 4.79 Å². The fourth-order valence-electron chi connectivity index (χ4n) is 2.43. The van der Waals surface area contributed by atoms with Gasteiger partial charge in [-0.15, -0.1) is 0 Å². The third-order valence-corrected chi connectivity index (χ3v) is 4.10. The minimum Gasteiger partial charge on any atom is -0.497 e. The number of rotatable bonds is 8. The van der Waals surface area contributed by atoms with Crippen molar-refractivity contribution in [2.45, 2.75) is 13.3 Å². The number of nitrogens with one attached hydrogen (secondary N) is 1. The van der Waals surface area contributed by atoms with Crippen LogP contribution in [0.15, 0.2) is 30.3 Å². The second kappa shape index (κ2) is 9.85. The number of ether oxygens (including phenoxy) is 4. The number of hydrogen-bond acceptors (Lipinski definition) is 6. The van der Waals surface area contributed by atoms with Gasteiger partial charge in [0.05, 0.1) is 44.2 Å². The van der Waals surface area contributed by atoms with Gasteiger partial charge in [-0.05, 0) is 36.8 Å². The Hall–Kier alpha value is -2.93. The molecule has 0 fully saturated rings. The summed E-state index contributed by atoms with van der Waals surface area (Å²) >= 11 is 6.26. The summed E-state index contributed by atoms with van der Waals surface area (Å²) in [6.45, 7) is 2.44. The van der Waals surface area contributed by atoms with Crippen molar-refractivity contribution in [1.82, 2.24) is 0 Å². The van der Waals surface area contributed by atoms with Crippen LogP contribution in [0.2, 0.25) is 5.02 Å². The predicted octanol–water partition coefficient (Wildman–Crippen LogP) is 4.18. The van der Waals surface area contributed by atoms with Crippen molar-refractivity contribution < 1.29 is 28.5 Å². The maximum Gasteiger partial charge on any atom is 0.340 e. The molecular weight excluding hydrogens is 386 g/mol. The largest absolute Gasteiger partial charge is 0.497 e. The molecule has 8 heteroatoms. The first-order valence-corrected chi connectivity index (χ1v) is 8.90. The summed E-state index contributed by atoms with van der Waals surface area (Å²) < 4.78 is 20.8. The van der Waals surface area contributed by atoms with Gasteiger partial charge in [-0.1, -0.05) is 18.5 Å². The molecule has 0 aromatic heterocycles. The summed E-state index contributed by atoms with van der Waals surface area (Å²) in [4.78, 5) is 24.8. The highest BCUT2D eigenvalue weighted by Crippen LogP contribution is 2.37. The van der Waals surface area contributed by atoms with Crippen molar-refractivity contribution in [2.75, 3.05) is 33.3 Å². The second-order valence-electron chi connectivity index (χ2n) is 5.70. The number of esters is 1. The van der Waals surface area contributed by atoms with E-state index in [1.54, 1.807) is 12.1 Å². The number of halogens is 1. The number of carbonyl (C=O) groups is 2. The van der Waals surface area contributed by atoms with Crippen molar-refractivity contribution in [2.24, 2.45) is 0 Å². The van der Waals surface area contributed by atoms with Gasteiger partial charge in [-0.2, -0.15) is 0 Å². The summed E-state index contributed by atoms with van der Waals surface area (Å²) in [6, 6.07) is 7.66. The first-order chi connectivity index (χ1) is 13.4. The van der Waals surface area contributed by atoms with Crippen molar-refractivity contribution in [3.8, 4) is 17.2 Å². The van der Waals surface area contributed by atoms with Crippen molar-refractivity contribution in [3.63, 3.8) is 0 Å². The molecule has 0 aliphatic carbocycles. The Balaban J connectivity index is 2.35. The molecule has 150 valence electrons. The minimum absolute atomic E-state index is 0.163. The standard InChI is InChI=1S/C20H22ClNO6/c1-5-8-28-18-15(21)9-12(10-17(18)26-3)19(23)22-16-7-6-13(25-2)11-14(16)20(24)27-4/h6-7,9-11H,5,8H2,1-4H3,(H,22,23). The van der Waals surface area contributed by atoms with E-state index in [1.807, 2.05) is 6.92 Å². The molecular formula is C20H22ClNO6. The molecule has 0 aliphatic rings. The van der Waals surface area contributed by atoms with Crippen LogP contribution in [-0.2, 0) is 4.74 Å². The normalized spacial score (nSPS) is 10.2. The number of methoxy groups -OCH3 is 3. The third-order valence-electron chi connectivity index (χ3n) is 3.82. The first-order valence-electron chi connectivity index (χ1n) is 8.53. The van der Waals surface area contributed by atoms with Gasteiger partial charge < -0.3 is 24.3 Å². The SMILES string of the molecule is CCCOc1c(Cl)cc(C(=O)Nc2ccc(OC)cc2C(=O)OC)cc1OC. The average Bonchev–Trinajstić information content (AvgIpc) is 2.71. The highest BCUT2D eigenvalue weighted by Gasteiger charge is 2.19. The van der Waals surface area contributed by atoms with Crippen LogP contribution in [0.5, 0.6) is 17.2 Å². The van der Waals surface area contributed by atoms with Gasteiger partial charge in [0.25, 0.3) is 5.91 Å². The zero-order chi connectivity index (χ0) is 20.7. The fraction of sp³-hybridized carbons (Fsp3) is 0.300. The molecule has 2 rings (SSSR count). The summed E-state index contributed by atoms with van der Waals surface area (Å²) in [5.41, 5.74) is 0.688. The van der Waals surface area contributed by atoms with E-state index in [0.717, 1.165) is 6.42 Å². The van der Waals surface area contributed by atoms with Gasteiger partial charge >= 0.3 is 5.97 Å². The Morgan fingerprint density at radius 1 is 1.07 bits per heavy atom. The van der Waals surface area contributed by atoms with Crippen LogP contribution in [0.3, 0.4) is 0 Å². The van der Waals surface area contributed by atoms with Crippen LogP contribution in [-0.4, -0.2) is 39.8 Å². The number of amides is 1. The molecule has 0 saturated carbocycles. The van der Waals surface area contributed by atoms with Gasteiger partial charge in [0, 0.05) is 5.56 Å². The molecule has 0 saturated heterocycles. The highest BCUT2D eigenvalue weighted by atomic mass is 35.5. The lowest BCUT2D eigenvalue weighted by Gasteiger charge is -2.15. The van der Waals surface area contributed by atoms with Crippen molar-refractivity contribution >= 4 is 29.2 Å². The summed E-state index contributed by atoms with van der Waals surface area (Å²) in [6.07, 6.45) is 0.801. The Kier molecular flexibility index (Phi) is 7.52. The van der Waals surface area contributed by atoms with Crippen LogP contribution < -0.4 is 19.5 Å². The molecule has 0 spiro atoms. The molecule has 2 aromatic carbocycles. The smallest absolute Gasteiger partial charge is 0.340 e. The Morgan fingerprint density at radius 3 is 2.43 bits per heavy atom. The zero-order valence-corrected chi connectivity index (χ0v) is 16.9. The molecule has 0 bridgehead atoms. The number of anilines is 1. The number of benzene rings is 2. The van der Waals surface area contributed by atoms with E-state index in [4.69, 9.17) is 30.5 Å². The summed E-state index contributed by atoms with van der Waals surface area (Å²) in [7, 11) is 4.20. The zero-order valence-electron chi connectivity index (χ0n) is 16.1. The van der Waals surface area contributed by atoms with Crippen LogP contribution in [0.25, 0.3) is 0 Å². The molecule has 7 nitrogen and oxygen atoms in total. The predicted molar refractivity (Wildman–Crippen MR) is 106 cm³/mol. The van der Waals surface area contributed by atoms with Crippen molar-refractivity contribution in [3.05, 3.63) is 46.5 Å². The van der Waals surface area contributed by atoms with E-state index >= 15 is 0 Å². The lowest BCUT2D eigenvalue weighted by atomic mass is 10.1. The molecule has 0 aliphatic heterocycles. The Labute approximate surface area is 168 Å². The topological polar surface area (TPSA) is 83.1 Å². The lowest BCUT2D eigenvalue weighted by Crippen LogP contribution is -2.16. The monoisotopic (exact) mass is 407 g/mol. The second-order valence-corrected chi connectivity index (χ2v) is 6.10. The quantitative estimate of drug-likeness (QED) is 0.661. The van der Waals surface area contributed by atoms with Gasteiger partial charge in [-0.3, -0.25) is 4.79 Å². The molecule has 1 amide bonds. The molecule has 0 radical (unpaired) electrons. The third kappa shape index (κ3) is 4.86. The van der Waals surface area contributed by atoms with E-state index in [9.17, 15) is 9.59 Å². The minimum atomic E-state index is -0.604. The van der Waals surface area contributed by atoms with Gasteiger partial charge in [0.2, 0.25) is 0 Å². The van der Waals surface area contributed by atoms with Crippen LogP contribution in [0, 0.1) is 0 Å². The van der Waals surface area contributed by atoms with E-state index < -0.39 is 11.9 Å². The first kappa shape index (κ1) is 21.4. The molecule has 28 heavy (non-hydrogen) atoms. The Morgan fingerprint density at radius 2 is 1.82 bits per heavy atom. The average molecular weight is 408 g/mol. The summed E-state index contributed by atoms with van der Waals surface area (Å²) in [5, 5.41) is 2.93. The molecule has 0 heterocycles. The Bertz CT molecular complexity index is 868. The molecule has 0 unspecified atom stereocenters. The van der Waals surface area contributed by atoms with Crippen LogP contribution >= 0.6 is 11.6 Å². The molecule has 2 aromatic rings. The highest BCUT2D eigenvalue weighted by molar-refractivity contribution is 6.32.